The number of hydrogen-bond donors (Lipinski definition) is 1. The minimum Gasteiger partial charge on any atom is -0.320 e. The molecule has 6 heteroatoms. The van der Waals surface area contributed by atoms with E-state index in [4.69, 9.17) is 11.6 Å². The van der Waals surface area contributed by atoms with Gasteiger partial charge in [0, 0.05) is 5.02 Å². The summed E-state index contributed by atoms with van der Waals surface area (Å²) in [6, 6.07) is 14.0. The second-order valence-corrected chi connectivity index (χ2v) is 5.57. The van der Waals surface area contributed by atoms with Gasteiger partial charge >= 0.3 is 0 Å². The summed E-state index contributed by atoms with van der Waals surface area (Å²) in [6.07, 6.45) is 1.66. The third-order valence-corrected chi connectivity index (χ3v) is 3.89. The lowest BCUT2D eigenvalue weighted by Gasteiger charge is -1.96. The average Bonchev–Trinajstić information content (AvgIpc) is 2.86. The zero-order valence-corrected chi connectivity index (χ0v) is 12.5. The van der Waals surface area contributed by atoms with E-state index in [1.54, 1.807) is 54.6 Å². The van der Waals surface area contributed by atoms with Crippen LogP contribution in [0.15, 0.2) is 58.1 Å². The lowest BCUT2D eigenvalue weighted by molar-refractivity contribution is 1.05. The second kappa shape index (κ2) is 5.07. The molecule has 0 radical (unpaired) electrons. The maximum atomic E-state index is 12.5. The van der Waals surface area contributed by atoms with E-state index in [0.717, 1.165) is 9.96 Å². The Morgan fingerprint density at radius 3 is 2.52 bits per heavy atom. The van der Waals surface area contributed by atoms with Crippen molar-refractivity contribution in [2.45, 2.75) is 0 Å². The molecule has 2 heterocycles. The van der Waals surface area contributed by atoms with Crippen molar-refractivity contribution in [2.24, 2.45) is 0 Å². The Labute approximate surface area is 134 Å². The van der Waals surface area contributed by atoms with Gasteiger partial charge in [0.25, 0.3) is 11.1 Å². The number of nitrogens with one attached hydrogen (secondary N) is 1. The minimum atomic E-state index is -0.418. The third kappa shape index (κ3) is 2.22. The number of para-hydroxylation sites is 1. The Bertz CT molecular complexity index is 1210. The first kappa shape index (κ1) is 13.7. The Kier molecular flexibility index (Phi) is 3.02. The van der Waals surface area contributed by atoms with E-state index < -0.39 is 5.56 Å². The van der Waals surface area contributed by atoms with Crippen LogP contribution in [0.1, 0.15) is 5.56 Å². The van der Waals surface area contributed by atoms with Gasteiger partial charge in [-0.2, -0.15) is 0 Å². The van der Waals surface area contributed by atoms with Crippen molar-refractivity contribution in [3.8, 4) is 0 Å². The number of H-pyrrole nitrogens is 1. The van der Waals surface area contributed by atoms with Crippen molar-refractivity contribution >= 4 is 34.4 Å². The van der Waals surface area contributed by atoms with Crippen molar-refractivity contribution in [3.63, 3.8) is 0 Å². The molecule has 2 aromatic heterocycles. The van der Waals surface area contributed by atoms with Crippen LogP contribution < -0.4 is 16.5 Å². The topological polar surface area (TPSA) is 67.2 Å². The Hall–Kier alpha value is -2.92. The van der Waals surface area contributed by atoms with Crippen LogP contribution in [0.4, 0.5) is 0 Å². The molecule has 0 fully saturated rings. The van der Waals surface area contributed by atoms with Gasteiger partial charge in [0.15, 0.2) is 0 Å². The fourth-order valence-corrected chi connectivity index (χ4v) is 2.65. The van der Waals surface area contributed by atoms with Crippen molar-refractivity contribution in [1.82, 2.24) is 14.4 Å². The maximum Gasteiger partial charge on any atom is 0.284 e. The molecule has 4 aromatic rings. The molecular weight excluding hydrogens is 314 g/mol. The monoisotopic (exact) mass is 323 g/mol. The van der Waals surface area contributed by atoms with Crippen LogP contribution in [0.3, 0.4) is 0 Å². The Morgan fingerprint density at radius 1 is 1.00 bits per heavy atom. The van der Waals surface area contributed by atoms with E-state index in [9.17, 15) is 9.59 Å². The molecule has 0 saturated heterocycles. The molecule has 112 valence electrons. The molecule has 0 unspecified atom stereocenters. The number of imidazole rings is 1. The van der Waals surface area contributed by atoms with Crippen molar-refractivity contribution in [3.05, 3.63) is 85.2 Å². The van der Waals surface area contributed by atoms with Gasteiger partial charge in [-0.1, -0.05) is 35.9 Å². The summed E-state index contributed by atoms with van der Waals surface area (Å²) < 4.78 is 1.06. The van der Waals surface area contributed by atoms with Crippen LogP contribution in [0.5, 0.6) is 0 Å². The predicted molar refractivity (Wildman–Crippen MR) is 89.8 cm³/mol. The summed E-state index contributed by atoms with van der Waals surface area (Å²) in [5, 5.41) is 1.33. The average molecular weight is 324 g/mol. The maximum absolute atomic E-state index is 12.5. The summed E-state index contributed by atoms with van der Waals surface area (Å²) in [5.41, 5.74) is 0.563. The highest BCUT2D eigenvalue weighted by molar-refractivity contribution is 6.30. The fourth-order valence-electron chi connectivity index (χ4n) is 2.52. The molecule has 0 saturated carbocycles. The molecule has 0 amide bonds. The zero-order valence-electron chi connectivity index (χ0n) is 11.8. The van der Waals surface area contributed by atoms with E-state index in [2.05, 4.69) is 9.97 Å². The van der Waals surface area contributed by atoms with Crippen molar-refractivity contribution in [2.75, 3.05) is 0 Å². The predicted octanol–water partition coefficient (Wildman–Crippen LogP) is 1.74. The van der Waals surface area contributed by atoms with Crippen LogP contribution >= 0.6 is 11.6 Å². The normalized spacial score (nSPS) is 12.3. The quantitative estimate of drug-likeness (QED) is 0.580. The number of aromatic nitrogens is 3. The molecule has 1 N–H and O–H groups in total. The van der Waals surface area contributed by atoms with Crippen molar-refractivity contribution in [1.29, 1.82) is 0 Å². The summed E-state index contributed by atoms with van der Waals surface area (Å²) in [4.78, 5) is 32.2. The first-order chi connectivity index (χ1) is 11.1. The van der Waals surface area contributed by atoms with Crippen LogP contribution in [-0.2, 0) is 0 Å². The SMILES string of the molecule is O=c1/c(=C/c2ccc(Cl)cc2)[nH]c2nc3ccccc3c(=O)n12. The number of hydrogen-bond acceptors (Lipinski definition) is 3. The van der Waals surface area contributed by atoms with Crippen LogP contribution in [0, 0.1) is 0 Å². The van der Waals surface area contributed by atoms with Crippen LogP contribution in [0.2, 0.25) is 5.02 Å². The fraction of sp³-hybridized carbons (Fsp3) is 0. The van der Waals surface area contributed by atoms with Crippen LogP contribution in [0.25, 0.3) is 22.8 Å². The molecule has 2 aromatic carbocycles. The highest BCUT2D eigenvalue weighted by Crippen LogP contribution is 2.09. The Balaban J connectivity index is 2.07. The Morgan fingerprint density at radius 2 is 1.74 bits per heavy atom. The molecule has 0 aliphatic rings. The molecule has 0 atom stereocenters. The standard InChI is InChI=1S/C17H10ClN3O2/c18-11-7-5-10(6-8-11)9-14-16(23)21-15(22)12-3-1-2-4-13(12)19-17(21)20-14/h1-9H,(H,19,20)/b14-9-. The number of benzene rings is 2. The zero-order chi connectivity index (χ0) is 16.0. The van der Waals surface area contributed by atoms with Gasteiger partial charge in [0.1, 0.15) is 5.35 Å². The summed E-state index contributed by atoms with van der Waals surface area (Å²) in [7, 11) is 0. The van der Waals surface area contributed by atoms with Gasteiger partial charge in [-0.05, 0) is 35.9 Å². The molecule has 0 aliphatic carbocycles. The van der Waals surface area contributed by atoms with E-state index in [1.807, 2.05) is 0 Å². The van der Waals surface area contributed by atoms with Gasteiger partial charge in [-0.3, -0.25) is 9.59 Å². The number of rotatable bonds is 1. The molecule has 0 aliphatic heterocycles. The molecule has 23 heavy (non-hydrogen) atoms. The lowest BCUT2D eigenvalue weighted by atomic mass is 10.2. The number of fused-ring (bicyclic) bond motifs is 2. The van der Waals surface area contributed by atoms with E-state index >= 15 is 0 Å². The summed E-state index contributed by atoms with van der Waals surface area (Å²) in [6.45, 7) is 0. The summed E-state index contributed by atoms with van der Waals surface area (Å²) >= 11 is 5.85. The summed E-state index contributed by atoms with van der Waals surface area (Å²) in [5.74, 6) is 0.235. The number of nitrogens with zero attached hydrogens (tertiary/aromatic N) is 2. The molecule has 0 bridgehead atoms. The van der Waals surface area contributed by atoms with E-state index in [-0.39, 0.29) is 11.3 Å². The smallest absolute Gasteiger partial charge is 0.284 e. The lowest BCUT2D eigenvalue weighted by Crippen LogP contribution is -2.31. The molecular formula is C17H10ClN3O2. The van der Waals surface area contributed by atoms with Crippen LogP contribution in [-0.4, -0.2) is 14.4 Å². The van der Waals surface area contributed by atoms with Gasteiger partial charge in [-0.25, -0.2) is 9.38 Å². The van der Waals surface area contributed by atoms with Gasteiger partial charge < -0.3 is 4.98 Å². The molecule has 5 nitrogen and oxygen atoms in total. The van der Waals surface area contributed by atoms with Gasteiger partial charge in [-0.15, -0.1) is 0 Å². The van der Waals surface area contributed by atoms with E-state index in [1.165, 1.54) is 0 Å². The minimum absolute atomic E-state index is 0.235. The van der Waals surface area contributed by atoms with Gasteiger partial charge in [0.2, 0.25) is 5.78 Å². The first-order valence-corrected chi connectivity index (χ1v) is 7.32. The number of halogens is 1. The highest BCUT2D eigenvalue weighted by Gasteiger charge is 2.10. The van der Waals surface area contributed by atoms with Gasteiger partial charge in [0.05, 0.1) is 10.9 Å². The van der Waals surface area contributed by atoms with Crippen molar-refractivity contribution < 1.29 is 0 Å². The second-order valence-electron chi connectivity index (χ2n) is 5.13. The first-order valence-electron chi connectivity index (χ1n) is 6.94. The highest BCUT2D eigenvalue weighted by atomic mass is 35.5. The number of aromatic amines is 1. The third-order valence-electron chi connectivity index (χ3n) is 3.64. The molecule has 4 rings (SSSR count). The largest absolute Gasteiger partial charge is 0.320 e. The van der Waals surface area contributed by atoms with E-state index in [0.29, 0.717) is 21.3 Å². The molecule has 0 spiro atoms.